The number of carbonyl (C=O) groups is 1. The van der Waals surface area contributed by atoms with Crippen molar-refractivity contribution in [3.63, 3.8) is 0 Å². The highest BCUT2D eigenvalue weighted by Gasteiger charge is 2.00. The Kier molecular flexibility index (Phi) is 4.98. The van der Waals surface area contributed by atoms with E-state index in [0.717, 1.165) is 32.2 Å². The summed E-state index contributed by atoms with van der Waals surface area (Å²) in [6.07, 6.45) is 6.60. The fraction of sp³-hybridized carbons (Fsp3) is 0.400. The van der Waals surface area contributed by atoms with E-state index < -0.39 is 0 Å². The lowest BCUT2D eigenvalue weighted by Gasteiger charge is -2.05. The van der Waals surface area contributed by atoms with Gasteiger partial charge in [-0.3, -0.25) is 10.0 Å². The molecule has 0 saturated heterocycles. The maximum atomic E-state index is 10.8. The second kappa shape index (κ2) is 6.95. The van der Waals surface area contributed by atoms with Crippen molar-refractivity contribution in [3.8, 4) is 0 Å². The molecule has 2 rings (SSSR count). The van der Waals surface area contributed by atoms with Crippen LogP contribution in [0.25, 0.3) is 10.9 Å². The van der Waals surface area contributed by atoms with Crippen LogP contribution in [0, 0.1) is 0 Å². The molecule has 1 aromatic carbocycles. The number of para-hydroxylation sites is 1. The van der Waals surface area contributed by atoms with Gasteiger partial charge in [0.15, 0.2) is 0 Å². The van der Waals surface area contributed by atoms with Gasteiger partial charge in [0.1, 0.15) is 0 Å². The number of benzene rings is 1. The fourth-order valence-electron chi connectivity index (χ4n) is 2.31. The summed E-state index contributed by atoms with van der Waals surface area (Å²) in [5, 5.41) is 9.64. The van der Waals surface area contributed by atoms with Gasteiger partial charge >= 0.3 is 0 Å². The molecule has 0 spiro atoms. The van der Waals surface area contributed by atoms with Gasteiger partial charge < -0.3 is 4.57 Å². The van der Waals surface area contributed by atoms with Gasteiger partial charge in [0, 0.05) is 24.7 Å². The minimum atomic E-state index is -0.295. The zero-order valence-corrected chi connectivity index (χ0v) is 11.0. The van der Waals surface area contributed by atoms with Crippen molar-refractivity contribution >= 4 is 16.8 Å². The van der Waals surface area contributed by atoms with Crippen molar-refractivity contribution in [2.45, 2.75) is 38.6 Å². The van der Waals surface area contributed by atoms with Crippen molar-refractivity contribution in [1.29, 1.82) is 0 Å². The van der Waals surface area contributed by atoms with E-state index >= 15 is 0 Å². The highest BCUT2D eigenvalue weighted by Crippen LogP contribution is 2.16. The molecule has 0 aliphatic rings. The molecule has 2 aromatic rings. The SMILES string of the molecule is O=C(CCCCCCn1ccc2ccccc21)NO. The van der Waals surface area contributed by atoms with Crippen LogP contribution in [0.5, 0.6) is 0 Å². The van der Waals surface area contributed by atoms with E-state index in [2.05, 4.69) is 41.1 Å². The van der Waals surface area contributed by atoms with E-state index in [1.807, 2.05) is 0 Å². The van der Waals surface area contributed by atoms with Gasteiger partial charge in [-0.1, -0.05) is 31.0 Å². The number of aromatic nitrogens is 1. The van der Waals surface area contributed by atoms with Gasteiger partial charge in [-0.2, -0.15) is 0 Å². The number of amides is 1. The second-order valence-electron chi connectivity index (χ2n) is 4.77. The zero-order valence-electron chi connectivity index (χ0n) is 11.0. The molecule has 102 valence electrons. The van der Waals surface area contributed by atoms with Crippen LogP contribution in [0.15, 0.2) is 36.5 Å². The normalized spacial score (nSPS) is 10.8. The Labute approximate surface area is 113 Å². The molecular weight excluding hydrogens is 240 g/mol. The van der Waals surface area contributed by atoms with Crippen molar-refractivity contribution in [2.24, 2.45) is 0 Å². The topological polar surface area (TPSA) is 54.3 Å². The minimum absolute atomic E-state index is 0.295. The molecule has 4 nitrogen and oxygen atoms in total. The monoisotopic (exact) mass is 260 g/mol. The van der Waals surface area contributed by atoms with Crippen LogP contribution >= 0.6 is 0 Å². The van der Waals surface area contributed by atoms with Crippen molar-refractivity contribution < 1.29 is 10.0 Å². The van der Waals surface area contributed by atoms with E-state index in [1.165, 1.54) is 10.9 Å². The Bertz CT molecular complexity index is 534. The Morgan fingerprint density at radius 2 is 1.89 bits per heavy atom. The number of nitrogens with zero attached hydrogens (tertiary/aromatic N) is 1. The van der Waals surface area contributed by atoms with Crippen LogP contribution in [-0.4, -0.2) is 15.7 Å². The molecule has 1 aromatic heterocycles. The number of rotatable bonds is 7. The van der Waals surface area contributed by atoms with Crippen LogP contribution in [0.1, 0.15) is 32.1 Å². The first kappa shape index (κ1) is 13.6. The number of hydrogen-bond acceptors (Lipinski definition) is 2. The lowest BCUT2D eigenvalue weighted by molar-refractivity contribution is -0.129. The lowest BCUT2D eigenvalue weighted by Crippen LogP contribution is -2.17. The first-order chi connectivity index (χ1) is 9.31. The van der Waals surface area contributed by atoms with Gasteiger partial charge in [0.2, 0.25) is 5.91 Å². The molecule has 19 heavy (non-hydrogen) atoms. The summed E-state index contributed by atoms with van der Waals surface area (Å²) >= 11 is 0. The van der Waals surface area contributed by atoms with Crippen LogP contribution in [0.3, 0.4) is 0 Å². The van der Waals surface area contributed by atoms with Crippen LogP contribution in [0.2, 0.25) is 0 Å². The predicted molar refractivity (Wildman–Crippen MR) is 75.0 cm³/mol. The van der Waals surface area contributed by atoms with Crippen molar-refractivity contribution in [1.82, 2.24) is 10.0 Å². The van der Waals surface area contributed by atoms with Crippen LogP contribution < -0.4 is 5.48 Å². The number of unbranched alkanes of at least 4 members (excludes halogenated alkanes) is 3. The smallest absolute Gasteiger partial charge is 0.243 e. The average molecular weight is 260 g/mol. The maximum absolute atomic E-state index is 10.8. The quantitative estimate of drug-likeness (QED) is 0.456. The molecule has 0 aliphatic heterocycles. The van der Waals surface area contributed by atoms with Gasteiger partial charge in [-0.15, -0.1) is 0 Å². The van der Waals surface area contributed by atoms with Crippen LogP contribution in [-0.2, 0) is 11.3 Å². The molecule has 0 aliphatic carbocycles. The summed E-state index contributed by atoms with van der Waals surface area (Å²) < 4.78 is 2.27. The standard InChI is InChI=1S/C15H20N2O2/c18-15(16-19)9-3-1-2-6-11-17-12-10-13-7-4-5-8-14(13)17/h4-5,7-8,10,12,19H,1-3,6,9,11H2,(H,16,18). The zero-order chi connectivity index (χ0) is 13.5. The third-order valence-corrected chi connectivity index (χ3v) is 3.36. The van der Waals surface area contributed by atoms with Crippen molar-refractivity contribution in [3.05, 3.63) is 36.5 Å². The Hall–Kier alpha value is -1.81. The summed E-state index contributed by atoms with van der Waals surface area (Å²) in [7, 11) is 0. The third-order valence-electron chi connectivity index (χ3n) is 3.36. The average Bonchev–Trinajstić information content (AvgIpc) is 2.85. The van der Waals surface area contributed by atoms with E-state index in [0.29, 0.717) is 6.42 Å². The molecule has 4 heteroatoms. The molecule has 1 heterocycles. The second-order valence-corrected chi connectivity index (χ2v) is 4.77. The van der Waals surface area contributed by atoms with E-state index in [-0.39, 0.29) is 5.91 Å². The third kappa shape index (κ3) is 3.83. The number of hydroxylamine groups is 1. The molecule has 0 unspecified atom stereocenters. The molecule has 0 atom stereocenters. The van der Waals surface area contributed by atoms with E-state index in [4.69, 9.17) is 5.21 Å². The Balaban J connectivity index is 1.70. The summed E-state index contributed by atoms with van der Waals surface area (Å²) in [6, 6.07) is 10.5. The summed E-state index contributed by atoms with van der Waals surface area (Å²) in [4.78, 5) is 10.8. The van der Waals surface area contributed by atoms with Gasteiger partial charge in [0.25, 0.3) is 0 Å². The lowest BCUT2D eigenvalue weighted by atomic mass is 10.1. The number of fused-ring (bicyclic) bond motifs is 1. The van der Waals surface area contributed by atoms with E-state index in [9.17, 15) is 4.79 Å². The largest absolute Gasteiger partial charge is 0.347 e. The number of hydrogen-bond donors (Lipinski definition) is 2. The van der Waals surface area contributed by atoms with Gasteiger partial charge in [0.05, 0.1) is 0 Å². The van der Waals surface area contributed by atoms with Gasteiger partial charge in [-0.05, 0) is 30.4 Å². The molecule has 0 bridgehead atoms. The Morgan fingerprint density at radius 3 is 2.74 bits per heavy atom. The van der Waals surface area contributed by atoms with Gasteiger partial charge in [-0.25, -0.2) is 5.48 Å². The van der Waals surface area contributed by atoms with Crippen LogP contribution in [0.4, 0.5) is 0 Å². The maximum Gasteiger partial charge on any atom is 0.243 e. The molecular formula is C15H20N2O2. The molecule has 1 amide bonds. The molecule has 0 fully saturated rings. The Morgan fingerprint density at radius 1 is 1.11 bits per heavy atom. The predicted octanol–water partition coefficient (Wildman–Crippen LogP) is 3.10. The van der Waals surface area contributed by atoms with E-state index in [1.54, 1.807) is 5.48 Å². The summed E-state index contributed by atoms with van der Waals surface area (Å²) in [6.45, 7) is 1.01. The number of aryl methyl sites for hydroxylation is 1. The highest BCUT2D eigenvalue weighted by atomic mass is 16.5. The summed E-state index contributed by atoms with van der Waals surface area (Å²) in [5.41, 5.74) is 2.94. The fourth-order valence-corrected chi connectivity index (χ4v) is 2.31. The molecule has 0 radical (unpaired) electrons. The number of carbonyl (C=O) groups excluding carboxylic acids is 1. The molecule has 2 N–H and O–H groups in total. The number of nitrogens with one attached hydrogen (secondary N) is 1. The first-order valence-corrected chi connectivity index (χ1v) is 6.78. The summed E-state index contributed by atoms with van der Waals surface area (Å²) in [5.74, 6) is -0.295. The first-order valence-electron chi connectivity index (χ1n) is 6.78. The molecule has 0 saturated carbocycles. The minimum Gasteiger partial charge on any atom is -0.347 e. The highest BCUT2D eigenvalue weighted by molar-refractivity contribution is 5.79. The van der Waals surface area contributed by atoms with Crippen molar-refractivity contribution in [2.75, 3.05) is 0 Å².